The molecule has 0 aliphatic carbocycles. The minimum atomic E-state index is -3.55. The molecule has 7 heteroatoms. The van der Waals surface area contributed by atoms with Crippen LogP contribution in [0.25, 0.3) is 0 Å². The molecule has 24 heavy (non-hydrogen) atoms. The first-order valence-corrected chi connectivity index (χ1v) is 8.94. The van der Waals surface area contributed by atoms with Gasteiger partial charge in [-0.15, -0.1) is 0 Å². The van der Waals surface area contributed by atoms with Crippen LogP contribution in [0.4, 0.5) is 5.69 Å². The van der Waals surface area contributed by atoms with Crippen LogP contribution in [-0.4, -0.2) is 23.9 Å². The predicted molar refractivity (Wildman–Crippen MR) is 91.5 cm³/mol. The highest BCUT2D eigenvalue weighted by Crippen LogP contribution is 2.21. The Morgan fingerprint density at radius 1 is 1.08 bits per heavy atom. The molecule has 124 valence electrons. The fourth-order valence-corrected chi connectivity index (χ4v) is 3.03. The van der Waals surface area contributed by atoms with Crippen LogP contribution in [-0.2, 0) is 10.0 Å². The molecule has 1 unspecified atom stereocenters. The zero-order valence-corrected chi connectivity index (χ0v) is 14.0. The van der Waals surface area contributed by atoms with E-state index in [-0.39, 0.29) is 5.69 Å². The van der Waals surface area contributed by atoms with Crippen LogP contribution in [0.15, 0.2) is 54.6 Å². The molecule has 0 saturated heterocycles. The molecular weight excluding hydrogens is 328 g/mol. The summed E-state index contributed by atoms with van der Waals surface area (Å²) < 4.78 is 25.2. The van der Waals surface area contributed by atoms with Gasteiger partial charge in [0.05, 0.1) is 17.2 Å². The monoisotopic (exact) mass is 344 g/mol. The summed E-state index contributed by atoms with van der Waals surface area (Å²) in [5, 5.41) is 10.6. The van der Waals surface area contributed by atoms with Crippen LogP contribution in [0.1, 0.15) is 24.1 Å². The molecule has 0 N–H and O–H groups in total. The van der Waals surface area contributed by atoms with Crippen LogP contribution in [0, 0.1) is 22.1 Å². The summed E-state index contributed by atoms with van der Waals surface area (Å²) in [5.41, 5.74) is 1.27. The third-order valence-electron chi connectivity index (χ3n) is 3.38. The fourth-order valence-electron chi connectivity index (χ4n) is 2.12. The van der Waals surface area contributed by atoms with Crippen molar-refractivity contribution < 1.29 is 13.3 Å². The maximum atomic E-state index is 12.0. The van der Waals surface area contributed by atoms with E-state index in [0.717, 1.165) is 16.1 Å². The molecule has 0 amide bonds. The van der Waals surface area contributed by atoms with E-state index in [9.17, 15) is 18.5 Å². The average Bonchev–Trinajstić information content (AvgIpc) is 2.55. The van der Waals surface area contributed by atoms with Crippen LogP contribution in [0.3, 0.4) is 0 Å². The Labute approximate surface area is 140 Å². The van der Waals surface area contributed by atoms with Crippen LogP contribution < -0.4 is 0 Å². The minimum absolute atomic E-state index is 0.0434. The quantitative estimate of drug-likeness (QED) is 0.370. The molecule has 0 bridgehead atoms. The van der Waals surface area contributed by atoms with Crippen molar-refractivity contribution in [3.8, 4) is 12.0 Å². The van der Waals surface area contributed by atoms with E-state index < -0.39 is 21.0 Å². The number of benzene rings is 2. The number of hydrogen-bond donors (Lipinski definition) is 0. The molecular formula is C17H16N2O4S. The number of rotatable bonds is 4. The number of hydrogen-bond acceptors (Lipinski definition) is 4. The van der Waals surface area contributed by atoms with Crippen molar-refractivity contribution in [1.29, 1.82) is 0 Å². The molecule has 2 aromatic rings. The summed E-state index contributed by atoms with van der Waals surface area (Å²) in [6, 6.07) is 17.0. The van der Waals surface area contributed by atoms with Gasteiger partial charge in [0.25, 0.3) is 5.69 Å². The highest BCUT2D eigenvalue weighted by molar-refractivity contribution is 7.88. The lowest BCUT2D eigenvalue weighted by atomic mass is 10.1. The lowest BCUT2D eigenvalue weighted by Gasteiger charge is -2.23. The number of nitro groups is 1. The molecule has 0 aromatic heterocycles. The van der Waals surface area contributed by atoms with E-state index in [1.165, 1.54) is 24.3 Å². The van der Waals surface area contributed by atoms with Crippen molar-refractivity contribution in [1.82, 2.24) is 4.31 Å². The third-order valence-corrected chi connectivity index (χ3v) is 4.50. The summed E-state index contributed by atoms with van der Waals surface area (Å²) in [6.45, 7) is 1.75. The van der Waals surface area contributed by atoms with Gasteiger partial charge in [0, 0.05) is 23.7 Å². The van der Waals surface area contributed by atoms with E-state index in [2.05, 4.69) is 12.0 Å². The minimum Gasteiger partial charge on any atom is -0.258 e. The molecule has 1 atom stereocenters. The topological polar surface area (TPSA) is 80.5 Å². The summed E-state index contributed by atoms with van der Waals surface area (Å²) in [4.78, 5) is 10.1. The zero-order valence-electron chi connectivity index (χ0n) is 13.2. The molecule has 0 aliphatic rings. The maximum absolute atomic E-state index is 12.0. The van der Waals surface area contributed by atoms with Crippen molar-refractivity contribution in [2.75, 3.05) is 6.26 Å². The number of sulfonamides is 1. The first kappa shape index (κ1) is 17.5. The van der Waals surface area contributed by atoms with Gasteiger partial charge >= 0.3 is 0 Å². The predicted octanol–water partition coefficient (Wildman–Crippen LogP) is 2.93. The van der Waals surface area contributed by atoms with Crippen molar-refractivity contribution in [2.45, 2.75) is 13.0 Å². The summed E-state index contributed by atoms with van der Waals surface area (Å²) >= 11 is 0. The third kappa shape index (κ3) is 4.33. The Bertz CT molecular complexity index is 882. The Hall–Kier alpha value is -2.85. The molecule has 0 heterocycles. The molecule has 0 radical (unpaired) electrons. The number of non-ortho nitro benzene ring substituents is 1. The van der Waals surface area contributed by atoms with Gasteiger partial charge in [0.2, 0.25) is 10.0 Å². The normalized spacial score (nSPS) is 11.9. The van der Waals surface area contributed by atoms with Gasteiger partial charge in [0.15, 0.2) is 0 Å². The Kier molecular flexibility index (Phi) is 5.21. The number of nitro benzene ring substituents is 1. The fraction of sp³-hybridized carbons (Fsp3) is 0.176. The van der Waals surface area contributed by atoms with Gasteiger partial charge in [0.1, 0.15) is 0 Å². The van der Waals surface area contributed by atoms with E-state index in [4.69, 9.17) is 0 Å². The zero-order chi connectivity index (χ0) is 17.7. The number of nitrogens with zero attached hydrogens (tertiary/aromatic N) is 2. The van der Waals surface area contributed by atoms with E-state index in [1.807, 2.05) is 30.3 Å². The van der Waals surface area contributed by atoms with Crippen molar-refractivity contribution in [2.24, 2.45) is 0 Å². The second-order valence-corrected chi connectivity index (χ2v) is 7.05. The van der Waals surface area contributed by atoms with Gasteiger partial charge in [-0.2, -0.15) is 0 Å². The second kappa shape index (κ2) is 7.15. The first-order valence-electron chi connectivity index (χ1n) is 7.09. The SMILES string of the molecule is CC(c1ccccc1)N(C#Cc1ccc([N+](=O)[O-])cc1)S(C)(=O)=O. The highest BCUT2D eigenvalue weighted by Gasteiger charge is 2.21. The standard InChI is InChI=1S/C17H16N2O4S/c1-14(16-6-4-3-5-7-16)18(24(2,22)23)13-12-15-8-10-17(11-9-15)19(20)21/h3-11,14H,1-2H3. The molecule has 0 aliphatic heterocycles. The molecule has 6 nitrogen and oxygen atoms in total. The maximum Gasteiger partial charge on any atom is 0.269 e. The summed E-state index contributed by atoms with van der Waals surface area (Å²) in [5.74, 6) is 2.74. The van der Waals surface area contributed by atoms with Crippen LogP contribution in [0.5, 0.6) is 0 Å². The van der Waals surface area contributed by atoms with Crippen LogP contribution >= 0.6 is 0 Å². The van der Waals surface area contributed by atoms with Crippen LogP contribution in [0.2, 0.25) is 0 Å². The highest BCUT2D eigenvalue weighted by atomic mass is 32.2. The summed E-state index contributed by atoms with van der Waals surface area (Å²) in [6.07, 6.45) is 1.09. The van der Waals surface area contributed by atoms with Gasteiger partial charge in [-0.3, -0.25) is 10.1 Å². The van der Waals surface area contributed by atoms with E-state index in [0.29, 0.717) is 5.56 Å². The van der Waals surface area contributed by atoms with Crippen molar-refractivity contribution >= 4 is 15.7 Å². The van der Waals surface area contributed by atoms with Crippen molar-refractivity contribution in [3.63, 3.8) is 0 Å². The average molecular weight is 344 g/mol. The molecule has 2 aromatic carbocycles. The summed E-state index contributed by atoms with van der Waals surface area (Å²) in [7, 11) is -3.55. The Morgan fingerprint density at radius 3 is 2.17 bits per heavy atom. The first-order chi connectivity index (χ1) is 11.3. The molecule has 0 saturated carbocycles. The molecule has 0 spiro atoms. The van der Waals surface area contributed by atoms with Gasteiger partial charge in [-0.1, -0.05) is 30.3 Å². The Morgan fingerprint density at radius 2 is 1.67 bits per heavy atom. The largest absolute Gasteiger partial charge is 0.269 e. The van der Waals surface area contributed by atoms with Gasteiger partial charge in [-0.05, 0) is 30.5 Å². The van der Waals surface area contributed by atoms with E-state index >= 15 is 0 Å². The van der Waals surface area contributed by atoms with Gasteiger partial charge < -0.3 is 0 Å². The Balaban J connectivity index is 2.33. The second-order valence-electron chi connectivity index (χ2n) is 5.19. The lowest BCUT2D eigenvalue weighted by Crippen LogP contribution is -2.28. The molecule has 2 rings (SSSR count). The van der Waals surface area contributed by atoms with E-state index in [1.54, 1.807) is 6.92 Å². The lowest BCUT2D eigenvalue weighted by molar-refractivity contribution is -0.384. The molecule has 0 fully saturated rings. The smallest absolute Gasteiger partial charge is 0.258 e. The van der Waals surface area contributed by atoms with Gasteiger partial charge in [-0.25, -0.2) is 12.7 Å². The van der Waals surface area contributed by atoms with Crippen molar-refractivity contribution in [3.05, 3.63) is 75.8 Å².